The second-order valence-corrected chi connectivity index (χ2v) is 34.1. The monoisotopic (exact) mass is 1540 g/mol. The molecule has 22 rings (SSSR count). The summed E-state index contributed by atoms with van der Waals surface area (Å²) in [4.78, 5) is 29.9. The zero-order chi connectivity index (χ0) is 77.6. The maximum Gasteiger partial charge on any atom is 0.488 e. The number of halogens is 1. The number of benzene rings is 12. The molecule has 8 aliphatic rings. The van der Waals surface area contributed by atoms with Crippen molar-refractivity contribution >= 4 is 28.5 Å². The minimum atomic E-state index is -1.46. The Kier molecular flexibility index (Phi) is 19.9. The number of hydrogen-bond donors (Lipinski definition) is 2. The Morgan fingerprint density at radius 1 is 0.307 bits per heavy atom. The average Bonchev–Trinajstić information content (AvgIpc) is 0.709. The van der Waals surface area contributed by atoms with Crippen molar-refractivity contribution in [2.24, 2.45) is 23.7 Å². The van der Waals surface area contributed by atoms with Crippen LogP contribution in [0.1, 0.15) is 122 Å². The minimum Gasteiger partial charge on any atom is -0.423 e. The number of rotatable bonds is 14. The lowest BCUT2D eigenvalue weighted by Gasteiger charge is -2.63. The number of aromatic nitrogens is 6. The van der Waals surface area contributed by atoms with Crippen LogP contribution >= 0.6 is 15.9 Å². The van der Waals surface area contributed by atoms with Crippen LogP contribution in [0.2, 0.25) is 0 Å². The molecule has 0 radical (unpaired) electrons. The first-order chi connectivity index (χ1) is 55.6. The molecule has 0 spiro atoms. The molecular formula is C102H86BBrN8O2. The van der Waals surface area contributed by atoms with Crippen LogP contribution in [0.5, 0.6) is 0 Å². The van der Waals surface area contributed by atoms with E-state index in [1.54, 1.807) is 5.56 Å². The molecule has 4 atom stereocenters. The standard InChI is InChI=1S/C51H42N4.C44H38BrN3.C7H6BNO2/c1-34-12-15-43(27-46(34)49-54-47(41-8-4-2-5-9-41)53-48(55-49)42-10-6-3-7-11-42)40-20-24-45(25-21-40)51-30-36-26-37(31-51)29-50(28-36,33-51)44-22-18-39(19-23-44)38-16-13-35(32-52)14-17-38;1-29-12-13-35(23-39(29)42-47-40(33-8-4-2-5-9-33)46-41(48-42)34-10-6-3-7-11-34)32-14-16-36(17-15-32)43-24-30-22-31(25-43)27-44(26-30,28-43)37-18-20-38(45)21-19-37;9-5-6-1-3-7(4-2-6)8(10)11/h2-25,27,36-37H,26,28-31,33H2,1H3;2-21,23,30-31H,22,24-28H2,1H3;1-4,10-11H. The summed E-state index contributed by atoms with van der Waals surface area (Å²) >= 11 is 3.67. The van der Waals surface area contributed by atoms with Crippen molar-refractivity contribution in [3.63, 3.8) is 0 Å². The predicted molar refractivity (Wildman–Crippen MR) is 460 cm³/mol. The third kappa shape index (κ3) is 14.8. The second kappa shape index (κ2) is 30.9. The minimum absolute atomic E-state index is 0.222. The molecule has 114 heavy (non-hydrogen) atoms. The van der Waals surface area contributed by atoms with Gasteiger partial charge in [-0.2, -0.15) is 10.5 Å². The Morgan fingerprint density at radius 3 is 0.851 bits per heavy atom. The van der Waals surface area contributed by atoms with E-state index in [1.807, 2.05) is 91.0 Å². The van der Waals surface area contributed by atoms with Crippen molar-refractivity contribution in [2.75, 3.05) is 0 Å². The second-order valence-electron chi connectivity index (χ2n) is 33.2. The van der Waals surface area contributed by atoms with Gasteiger partial charge in [-0.3, -0.25) is 0 Å². The quantitative estimate of drug-likeness (QED) is 0.100. The van der Waals surface area contributed by atoms with E-state index in [0.29, 0.717) is 57.0 Å². The van der Waals surface area contributed by atoms with E-state index in [1.165, 1.54) is 150 Å². The summed E-state index contributed by atoms with van der Waals surface area (Å²) in [7, 11) is -1.46. The largest absolute Gasteiger partial charge is 0.488 e. The first kappa shape index (κ1) is 73.6. The highest BCUT2D eigenvalue weighted by atomic mass is 79.9. The van der Waals surface area contributed by atoms with Gasteiger partial charge < -0.3 is 10.0 Å². The van der Waals surface area contributed by atoms with Gasteiger partial charge in [-0.25, -0.2) is 29.9 Å². The maximum atomic E-state index is 9.24. The third-order valence-electron chi connectivity index (χ3n) is 25.8. The molecule has 14 aromatic rings. The van der Waals surface area contributed by atoms with Crippen LogP contribution in [0, 0.1) is 60.2 Å². The van der Waals surface area contributed by atoms with Crippen molar-refractivity contribution < 1.29 is 10.0 Å². The summed E-state index contributed by atoms with van der Waals surface area (Å²) in [6, 6.07) is 110. The van der Waals surface area contributed by atoms with Gasteiger partial charge in [-0.15, -0.1) is 0 Å². The predicted octanol–water partition coefficient (Wildman–Crippen LogP) is 22.8. The summed E-state index contributed by atoms with van der Waals surface area (Å²) in [5.41, 5.74) is 24.2. The van der Waals surface area contributed by atoms with Gasteiger partial charge in [0.1, 0.15) is 0 Å². The summed E-state index contributed by atoms with van der Waals surface area (Å²) in [6.07, 6.45) is 15.9. The van der Waals surface area contributed by atoms with Crippen LogP contribution < -0.4 is 5.46 Å². The van der Waals surface area contributed by atoms with Crippen LogP contribution in [0.3, 0.4) is 0 Å². The SMILES string of the molecule is Cc1ccc(-c2ccc(C34CC5CC(CC(c6ccc(-c7ccc(C#N)cc7)cc6)(C5)C3)C4)cc2)cc1-c1nc(-c2ccccc2)nc(-c2ccccc2)n1.Cc1ccc(-c2ccc(C34CC5CC(CC(c6ccc(Br)cc6)(C5)C3)C4)cc2)cc1-c1nc(-c2ccccc2)nc(-c2ccccc2)n1.N#Cc1ccc(B(O)O)cc1. The molecule has 12 heteroatoms. The van der Waals surface area contributed by atoms with Gasteiger partial charge in [0.05, 0.1) is 23.3 Å². The van der Waals surface area contributed by atoms with Crippen LogP contribution in [0.15, 0.2) is 308 Å². The molecule has 8 saturated carbocycles. The highest BCUT2D eigenvalue weighted by Crippen LogP contribution is 2.68. The molecule has 2 aromatic heterocycles. The summed E-state index contributed by atoms with van der Waals surface area (Å²) < 4.78 is 1.17. The van der Waals surface area contributed by atoms with E-state index in [-0.39, 0.29) is 16.2 Å². The lowest BCUT2D eigenvalue weighted by atomic mass is 9.41. The molecule has 4 unspecified atom stereocenters. The van der Waals surface area contributed by atoms with Crippen LogP contribution in [-0.2, 0) is 21.7 Å². The highest BCUT2D eigenvalue weighted by molar-refractivity contribution is 9.10. The number of aryl methyl sites for hydroxylation is 2. The van der Waals surface area contributed by atoms with Gasteiger partial charge in [0.25, 0.3) is 0 Å². The number of nitrogens with zero attached hydrogens (tertiary/aromatic N) is 8. The fraction of sp³-hybridized carbons (Fsp3) is 0.216. The smallest absolute Gasteiger partial charge is 0.423 e. The maximum absolute atomic E-state index is 9.24. The summed E-state index contributed by atoms with van der Waals surface area (Å²) in [6.45, 7) is 4.28. The van der Waals surface area contributed by atoms with Gasteiger partial charge >= 0.3 is 7.12 Å². The molecule has 8 bridgehead atoms. The van der Waals surface area contributed by atoms with E-state index in [0.717, 1.165) is 73.7 Å². The molecule has 556 valence electrons. The molecule has 2 heterocycles. The Morgan fingerprint density at radius 2 is 0.561 bits per heavy atom. The molecule has 8 aliphatic carbocycles. The average molecular weight is 1550 g/mol. The molecule has 0 saturated heterocycles. The van der Waals surface area contributed by atoms with Gasteiger partial charge in [0.15, 0.2) is 34.9 Å². The zero-order valence-electron chi connectivity index (χ0n) is 64.1. The fourth-order valence-corrected chi connectivity index (χ4v) is 21.4. The molecule has 8 fully saturated rings. The van der Waals surface area contributed by atoms with Gasteiger partial charge in [-0.05, 0) is 257 Å². The van der Waals surface area contributed by atoms with Crippen LogP contribution in [-0.4, -0.2) is 47.1 Å². The van der Waals surface area contributed by atoms with E-state index < -0.39 is 7.12 Å². The number of hydrogen-bond acceptors (Lipinski definition) is 10. The van der Waals surface area contributed by atoms with Gasteiger partial charge in [0.2, 0.25) is 0 Å². The van der Waals surface area contributed by atoms with E-state index in [4.69, 9.17) is 45.2 Å². The Bertz CT molecular complexity index is 5780. The van der Waals surface area contributed by atoms with Crippen molar-refractivity contribution in [1.29, 1.82) is 10.5 Å². The van der Waals surface area contributed by atoms with E-state index in [2.05, 4.69) is 230 Å². The highest BCUT2D eigenvalue weighted by Gasteiger charge is 2.60. The summed E-state index contributed by atoms with van der Waals surface area (Å²) in [5.74, 6) is 7.32. The van der Waals surface area contributed by atoms with E-state index in [9.17, 15) is 5.26 Å². The van der Waals surface area contributed by atoms with Crippen LogP contribution in [0.25, 0.3) is 102 Å². The van der Waals surface area contributed by atoms with E-state index >= 15 is 0 Å². The molecule has 0 amide bonds. The van der Waals surface area contributed by atoms with Crippen LogP contribution in [0.4, 0.5) is 0 Å². The normalized spacial score (nSPS) is 21.8. The lowest BCUT2D eigenvalue weighted by Crippen LogP contribution is -2.55. The molecule has 10 nitrogen and oxygen atoms in total. The fourth-order valence-electron chi connectivity index (χ4n) is 21.1. The molecule has 0 aliphatic heterocycles. The Balaban J connectivity index is 0.000000141. The van der Waals surface area contributed by atoms with Crippen molar-refractivity contribution in [2.45, 2.75) is 113 Å². The Labute approximate surface area is 676 Å². The molecular weight excluding hydrogens is 1460 g/mol. The van der Waals surface area contributed by atoms with Crippen molar-refractivity contribution in [3.8, 4) is 114 Å². The van der Waals surface area contributed by atoms with Gasteiger partial charge in [-0.1, -0.05) is 271 Å². The van der Waals surface area contributed by atoms with Gasteiger partial charge in [0, 0.05) is 37.9 Å². The summed E-state index contributed by atoms with van der Waals surface area (Å²) in [5, 5.41) is 34.9. The first-order valence-electron chi connectivity index (χ1n) is 40.1. The van der Waals surface area contributed by atoms with Crippen molar-refractivity contribution in [1.82, 2.24) is 29.9 Å². The molecule has 12 aromatic carbocycles. The van der Waals surface area contributed by atoms with Crippen molar-refractivity contribution in [3.05, 3.63) is 352 Å². The first-order valence-corrected chi connectivity index (χ1v) is 40.9. The molecule has 2 N–H and O–H groups in total. The zero-order valence-corrected chi connectivity index (χ0v) is 65.7. The Hall–Kier alpha value is -11.9. The topological polar surface area (TPSA) is 165 Å². The third-order valence-corrected chi connectivity index (χ3v) is 26.3. The lowest BCUT2D eigenvalue weighted by molar-refractivity contribution is -0.0282. The number of nitriles is 2.